The largest absolute Gasteiger partial charge is 0.348 e. The lowest BCUT2D eigenvalue weighted by atomic mass is 9.91. The maximum atomic E-state index is 12.4. The molecular weight excluding hydrogens is 318 g/mol. The van der Waals surface area contributed by atoms with Gasteiger partial charge in [-0.2, -0.15) is 0 Å². The number of rotatable bonds is 5. The summed E-state index contributed by atoms with van der Waals surface area (Å²) in [6.07, 6.45) is 7.41. The van der Waals surface area contributed by atoms with Crippen molar-refractivity contribution in [3.63, 3.8) is 0 Å². The number of aryl methyl sites for hydroxylation is 1. The van der Waals surface area contributed by atoms with Gasteiger partial charge >= 0.3 is 0 Å². The summed E-state index contributed by atoms with van der Waals surface area (Å²) in [5.41, 5.74) is 0.759. The van der Waals surface area contributed by atoms with Gasteiger partial charge in [0.15, 0.2) is 0 Å². The molecule has 1 heterocycles. The number of nitrogens with zero attached hydrogens (tertiary/aromatic N) is 1. The fourth-order valence-electron chi connectivity index (χ4n) is 2.88. The Morgan fingerprint density at radius 1 is 1.35 bits per heavy atom. The molecule has 1 saturated carbocycles. The Kier molecular flexibility index (Phi) is 5.66. The zero-order valence-corrected chi connectivity index (χ0v) is 13.9. The Labute approximate surface area is 129 Å². The number of aromatic nitrogens is 1. The molecule has 1 amide bonds. The van der Waals surface area contributed by atoms with E-state index in [0.29, 0.717) is 12.1 Å². The highest BCUT2D eigenvalue weighted by Crippen LogP contribution is 2.20. The number of hydrogen-bond acceptors (Lipinski definition) is 2. The van der Waals surface area contributed by atoms with Crippen molar-refractivity contribution in [1.82, 2.24) is 15.2 Å². The molecule has 2 rings (SSSR count). The van der Waals surface area contributed by atoms with E-state index in [-0.39, 0.29) is 5.91 Å². The van der Waals surface area contributed by atoms with Crippen LogP contribution in [0.1, 0.15) is 49.5 Å². The van der Waals surface area contributed by atoms with Gasteiger partial charge in [-0.25, -0.2) is 0 Å². The van der Waals surface area contributed by atoms with E-state index in [0.717, 1.165) is 48.8 Å². The molecule has 0 bridgehead atoms. The molecule has 4 nitrogen and oxygen atoms in total. The van der Waals surface area contributed by atoms with Crippen LogP contribution in [0, 0.1) is 0 Å². The van der Waals surface area contributed by atoms with Crippen LogP contribution in [-0.4, -0.2) is 29.6 Å². The lowest BCUT2D eigenvalue weighted by molar-refractivity contribution is 0.0915. The van der Waals surface area contributed by atoms with Gasteiger partial charge in [-0.1, -0.05) is 6.92 Å². The molecule has 0 atom stereocenters. The predicted octanol–water partition coefficient (Wildman–Crippen LogP) is 2.92. The van der Waals surface area contributed by atoms with E-state index in [1.807, 2.05) is 23.9 Å². The molecule has 1 fully saturated rings. The average molecular weight is 342 g/mol. The maximum absolute atomic E-state index is 12.4. The van der Waals surface area contributed by atoms with Crippen LogP contribution in [-0.2, 0) is 6.54 Å². The van der Waals surface area contributed by atoms with Gasteiger partial charge in [-0.15, -0.1) is 0 Å². The van der Waals surface area contributed by atoms with Crippen LogP contribution in [0.2, 0.25) is 0 Å². The molecule has 0 aromatic carbocycles. The SMILES string of the molecule is CCCn1cc(Br)cc1C(=O)NC1CCC(NC)CC1. The summed E-state index contributed by atoms with van der Waals surface area (Å²) >= 11 is 3.45. The highest BCUT2D eigenvalue weighted by atomic mass is 79.9. The average Bonchev–Trinajstić information content (AvgIpc) is 2.81. The van der Waals surface area contributed by atoms with Crippen molar-refractivity contribution in [1.29, 1.82) is 0 Å². The van der Waals surface area contributed by atoms with Crippen molar-refractivity contribution in [3.8, 4) is 0 Å². The van der Waals surface area contributed by atoms with E-state index >= 15 is 0 Å². The van der Waals surface area contributed by atoms with Crippen molar-refractivity contribution in [2.75, 3.05) is 7.05 Å². The minimum atomic E-state index is 0.0528. The smallest absolute Gasteiger partial charge is 0.268 e. The number of hydrogen-bond donors (Lipinski definition) is 2. The number of halogens is 1. The first-order valence-electron chi connectivity index (χ1n) is 7.47. The third-order valence-electron chi connectivity index (χ3n) is 4.03. The first kappa shape index (κ1) is 15.6. The van der Waals surface area contributed by atoms with Gasteiger partial charge in [0.25, 0.3) is 5.91 Å². The predicted molar refractivity (Wildman–Crippen MR) is 85.0 cm³/mol. The van der Waals surface area contributed by atoms with E-state index in [2.05, 4.69) is 33.5 Å². The van der Waals surface area contributed by atoms with Gasteiger partial charge in [0.1, 0.15) is 5.69 Å². The summed E-state index contributed by atoms with van der Waals surface area (Å²) in [5, 5.41) is 6.50. The molecule has 0 aliphatic heterocycles. The van der Waals surface area contributed by atoms with Crippen LogP contribution < -0.4 is 10.6 Å². The molecule has 1 aliphatic carbocycles. The highest BCUT2D eigenvalue weighted by Gasteiger charge is 2.22. The maximum Gasteiger partial charge on any atom is 0.268 e. The fourth-order valence-corrected chi connectivity index (χ4v) is 3.34. The van der Waals surface area contributed by atoms with E-state index in [1.54, 1.807) is 0 Å². The molecule has 1 aromatic heterocycles. The Hall–Kier alpha value is -0.810. The van der Waals surface area contributed by atoms with Gasteiger partial charge in [0, 0.05) is 29.3 Å². The highest BCUT2D eigenvalue weighted by molar-refractivity contribution is 9.10. The first-order chi connectivity index (χ1) is 9.63. The molecule has 112 valence electrons. The molecule has 0 unspecified atom stereocenters. The summed E-state index contributed by atoms with van der Waals surface area (Å²) in [7, 11) is 2.01. The van der Waals surface area contributed by atoms with Crippen molar-refractivity contribution < 1.29 is 4.79 Å². The van der Waals surface area contributed by atoms with E-state index < -0.39 is 0 Å². The number of carbonyl (C=O) groups excluding carboxylic acids is 1. The minimum Gasteiger partial charge on any atom is -0.348 e. The molecule has 0 saturated heterocycles. The number of carbonyl (C=O) groups is 1. The Balaban J connectivity index is 1.95. The molecule has 0 spiro atoms. The second kappa shape index (κ2) is 7.27. The molecule has 5 heteroatoms. The van der Waals surface area contributed by atoms with Gasteiger partial charge in [0.05, 0.1) is 0 Å². The van der Waals surface area contributed by atoms with Crippen LogP contribution in [0.3, 0.4) is 0 Å². The van der Waals surface area contributed by atoms with Crippen LogP contribution in [0.5, 0.6) is 0 Å². The zero-order valence-electron chi connectivity index (χ0n) is 12.3. The molecule has 1 aliphatic rings. The van der Waals surface area contributed by atoms with Crippen LogP contribution >= 0.6 is 15.9 Å². The van der Waals surface area contributed by atoms with E-state index in [1.165, 1.54) is 0 Å². The molecule has 20 heavy (non-hydrogen) atoms. The summed E-state index contributed by atoms with van der Waals surface area (Å²) in [6, 6.07) is 2.83. The summed E-state index contributed by atoms with van der Waals surface area (Å²) in [5.74, 6) is 0.0528. The summed E-state index contributed by atoms with van der Waals surface area (Å²) in [6.45, 7) is 3.00. The minimum absolute atomic E-state index is 0.0528. The van der Waals surface area contributed by atoms with Crippen LogP contribution in [0.15, 0.2) is 16.7 Å². The van der Waals surface area contributed by atoms with Gasteiger partial charge in [0.2, 0.25) is 0 Å². The third-order valence-corrected chi connectivity index (χ3v) is 4.46. The van der Waals surface area contributed by atoms with Gasteiger partial charge < -0.3 is 15.2 Å². The summed E-state index contributed by atoms with van der Waals surface area (Å²) in [4.78, 5) is 12.4. The lowest BCUT2D eigenvalue weighted by Crippen LogP contribution is -2.41. The normalized spacial score (nSPS) is 22.8. The quantitative estimate of drug-likeness (QED) is 0.864. The fraction of sp³-hybridized carbons (Fsp3) is 0.667. The molecule has 2 N–H and O–H groups in total. The Morgan fingerprint density at radius 2 is 2.00 bits per heavy atom. The Bertz CT molecular complexity index is 450. The monoisotopic (exact) mass is 341 g/mol. The van der Waals surface area contributed by atoms with E-state index in [4.69, 9.17) is 0 Å². The lowest BCUT2D eigenvalue weighted by Gasteiger charge is -2.28. The first-order valence-corrected chi connectivity index (χ1v) is 8.27. The zero-order chi connectivity index (χ0) is 14.5. The molecule has 1 aromatic rings. The van der Waals surface area contributed by atoms with E-state index in [9.17, 15) is 4.79 Å². The third kappa shape index (κ3) is 3.85. The number of amides is 1. The van der Waals surface area contributed by atoms with Gasteiger partial charge in [-0.05, 0) is 61.1 Å². The van der Waals surface area contributed by atoms with Gasteiger partial charge in [-0.3, -0.25) is 4.79 Å². The van der Waals surface area contributed by atoms with Crippen molar-refractivity contribution in [2.45, 2.75) is 57.7 Å². The second-order valence-corrected chi connectivity index (χ2v) is 6.46. The molecular formula is C15H24BrN3O. The van der Waals surface area contributed by atoms with Crippen molar-refractivity contribution in [3.05, 3.63) is 22.4 Å². The Morgan fingerprint density at radius 3 is 2.60 bits per heavy atom. The standard InChI is InChI=1S/C15H24BrN3O/c1-3-8-19-10-11(16)9-14(19)15(20)18-13-6-4-12(17-2)5-7-13/h9-10,12-13,17H,3-8H2,1-2H3,(H,18,20). The van der Waals surface area contributed by atoms with Crippen LogP contribution in [0.25, 0.3) is 0 Å². The topological polar surface area (TPSA) is 46.1 Å². The number of nitrogens with one attached hydrogen (secondary N) is 2. The summed E-state index contributed by atoms with van der Waals surface area (Å²) < 4.78 is 2.99. The van der Waals surface area contributed by atoms with Crippen molar-refractivity contribution >= 4 is 21.8 Å². The van der Waals surface area contributed by atoms with Crippen LogP contribution in [0.4, 0.5) is 0 Å². The van der Waals surface area contributed by atoms with Crippen molar-refractivity contribution in [2.24, 2.45) is 0 Å². The molecule has 0 radical (unpaired) electrons. The second-order valence-electron chi connectivity index (χ2n) is 5.55.